The summed E-state index contributed by atoms with van der Waals surface area (Å²) in [5, 5.41) is 0.401. The molecule has 2 heterocycles. The summed E-state index contributed by atoms with van der Waals surface area (Å²) in [6, 6.07) is 6.04. The van der Waals surface area contributed by atoms with Gasteiger partial charge in [-0.25, -0.2) is 0 Å². The molecular weight excluding hydrogens is 239 g/mol. The van der Waals surface area contributed by atoms with Crippen LogP contribution in [0.2, 0.25) is 0 Å². The fourth-order valence-electron chi connectivity index (χ4n) is 1.12. The molecule has 0 aliphatic heterocycles. The molecule has 2 aromatic rings. The number of hydrogen-bond donors (Lipinski definition) is 0. The summed E-state index contributed by atoms with van der Waals surface area (Å²) in [4.78, 5) is 3.38. The number of rotatable bonds is 2. The van der Waals surface area contributed by atoms with Gasteiger partial charge in [-0.05, 0) is 36.0 Å². The average molecular weight is 245 g/mol. The number of halogens is 3. The molecule has 2 aromatic heterocycles. The Balaban J connectivity index is 2.34. The van der Waals surface area contributed by atoms with Gasteiger partial charge in [0.2, 0.25) is 0 Å². The highest BCUT2D eigenvalue weighted by Gasteiger charge is 2.35. The van der Waals surface area contributed by atoms with Gasteiger partial charge in [0.05, 0.1) is 6.26 Å². The molecule has 0 saturated heterocycles. The lowest BCUT2D eigenvalue weighted by Gasteiger charge is -2.09. The maximum absolute atomic E-state index is 12.6. The Morgan fingerprint density at radius 3 is 2.62 bits per heavy atom. The smallest absolute Gasteiger partial charge is 0.434 e. The predicted molar refractivity (Wildman–Crippen MR) is 52.1 cm³/mol. The molecule has 0 unspecified atom stereocenters. The average Bonchev–Trinajstić information content (AvgIpc) is 2.70. The molecular formula is C10H6F3NOS. The zero-order chi connectivity index (χ0) is 11.6. The summed E-state index contributed by atoms with van der Waals surface area (Å²) in [6.07, 6.45) is -1.92. The minimum Gasteiger partial charge on any atom is -0.458 e. The van der Waals surface area contributed by atoms with E-state index in [2.05, 4.69) is 4.98 Å². The zero-order valence-corrected chi connectivity index (χ0v) is 8.68. The Kier molecular flexibility index (Phi) is 2.91. The third-order valence-corrected chi connectivity index (χ3v) is 2.73. The van der Waals surface area contributed by atoms with Gasteiger partial charge < -0.3 is 4.42 Å². The summed E-state index contributed by atoms with van der Waals surface area (Å²) in [5.74, 6) is 0. The van der Waals surface area contributed by atoms with E-state index >= 15 is 0 Å². The van der Waals surface area contributed by atoms with Gasteiger partial charge in [0.25, 0.3) is 0 Å². The lowest BCUT2D eigenvalue weighted by molar-refractivity contribution is -0.143. The molecule has 2 rings (SSSR count). The van der Waals surface area contributed by atoms with Crippen LogP contribution in [0.1, 0.15) is 5.69 Å². The first-order valence-corrected chi connectivity index (χ1v) is 5.12. The predicted octanol–water partition coefficient (Wildman–Crippen LogP) is 3.84. The van der Waals surface area contributed by atoms with Crippen LogP contribution in [0.3, 0.4) is 0 Å². The standard InChI is InChI=1S/C10H6F3NOS/c11-10(12,13)9-7(3-1-5-14-9)16-8-4-2-6-15-8/h1-6H. The molecule has 0 bridgehead atoms. The molecule has 16 heavy (non-hydrogen) atoms. The second kappa shape index (κ2) is 4.21. The minimum atomic E-state index is -4.45. The van der Waals surface area contributed by atoms with Crippen LogP contribution >= 0.6 is 11.8 Å². The highest BCUT2D eigenvalue weighted by molar-refractivity contribution is 7.99. The molecule has 0 atom stereocenters. The van der Waals surface area contributed by atoms with E-state index in [1.54, 1.807) is 12.1 Å². The topological polar surface area (TPSA) is 26.0 Å². The Bertz CT molecular complexity index is 467. The van der Waals surface area contributed by atoms with Crippen molar-refractivity contribution in [3.63, 3.8) is 0 Å². The minimum absolute atomic E-state index is 0.0324. The van der Waals surface area contributed by atoms with Crippen molar-refractivity contribution in [2.24, 2.45) is 0 Å². The Morgan fingerprint density at radius 1 is 1.19 bits per heavy atom. The normalized spacial score (nSPS) is 11.7. The largest absolute Gasteiger partial charge is 0.458 e. The Hall–Kier alpha value is -1.43. The first kappa shape index (κ1) is 11.1. The number of pyridine rings is 1. The molecule has 2 nitrogen and oxygen atoms in total. The number of hydrogen-bond acceptors (Lipinski definition) is 3. The number of nitrogens with zero attached hydrogens (tertiary/aromatic N) is 1. The van der Waals surface area contributed by atoms with E-state index in [-0.39, 0.29) is 4.90 Å². The maximum Gasteiger partial charge on any atom is 0.434 e. The van der Waals surface area contributed by atoms with Crippen LogP contribution in [0.5, 0.6) is 0 Å². The third kappa shape index (κ3) is 2.38. The summed E-state index contributed by atoms with van der Waals surface area (Å²) < 4.78 is 42.7. The van der Waals surface area contributed by atoms with E-state index < -0.39 is 11.9 Å². The van der Waals surface area contributed by atoms with Gasteiger partial charge in [-0.15, -0.1) is 0 Å². The van der Waals surface area contributed by atoms with Crippen LogP contribution in [0, 0.1) is 0 Å². The van der Waals surface area contributed by atoms with E-state index in [1.165, 1.54) is 18.4 Å². The summed E-state index contributed by atoms with van der Waals surface area (Å²) >= 11 is 0.899. The Labute approximate surface area is 93.5 Å². The van der Waals surface area contributed by atoms with Crippen LogP contribution in [-0.2, 0) is 6.18 Å². The first-order valence-electron chi connectivity index (χ1n) is 4.31. The zero-order valence-electron chi connectivity index (χ0n) is 7.86. The van der Waals surface area contributed by atoms with Gasteiger partial charge in [-0.3, -0.25) is 4.98 Å². The van der Waals surface area contributed by atoms with Crippen LogP contribution in [0.15, 0.2) is 51.1 Å². The molecule has 0 radical (unpaired) electrons. The molecule has 0 N–H and O–H groups in total. The van der Waals surface area contributed by atoms with E-state index in [9.17, 15) is 13.2 Å². The van der Waals surface area contributed by atoms with Gasteiger partial charge in [-0.1, -0.05) is 0 Å². The highest BCUT2D eigenvalue weighted by Crippen LogP contribution is 2.37. The monoisotopic (exact) mass is 245 g/mol. The maximum atomic E-state index is 12.6. The molecule has 6 heteroatoms. The van der Waals surface area contributed by atoms with E-state index in [4.69, 9.17) is 4.42 Å². The van der Waals surface area contributed by atoms with Gasteiger partial charge in [-0.2, -0.15) is 13.2 Å². The number of alkyl halides is 3. The molecule has 0 aromatic carbocycles. The van der Waals surface area contributed by atoms with Crippen LogP contribution in [0.25, 0.3) is 0 Å². The van der Waals surface area contributed by atoms with Crippen LogP contribution < -0.4 is 0 Å². The SMILES string of the molecule is FC(F)(F)c1ncccc1Sc1ccco1. The fraction of sp³-hybridized carbons (Fsp3) is 0.100. The molecule has 0 saturated carbocycles. The number of aromatic nitrogens is 1. The second-order valence-electron chi connectivity index (χ2n) is 2.88. The van der Waals surface area contributed by atoms with Crippen LogP contribution in [-0.4, -0.2) is 4.98 Å². The fourth-order valence-corrected chi connectivity index (χ4v) is 1.99. The van der Waals surface area contributed by atoms with Crippen molar-refractivity contribution in [1.82, 2.24) is 4.98 Å². The molecule has 0 spiro atoms. The summed E-state index contributed by atoms with van der Waals surface area (Å²) in [6.45, 7) is 0. The lowest BCUT2D eigenvalue weighted by Crippen LogP contribution is -2.09. The van der Waals surface area contributed by atoms with Crippen molar-refractivity contribution < 1.29 is 17.6 Å². The first-order chi connectivity index (χ1) is 7.57. The molecule has 0 amide bonds. The second-order valence-corrected chi connectivity index (χ2v) is 3.93. The molecule has 0 aliphatic carbocycles. The van der Waals surface area contributed by atoms with Crippen LogP contribution in [0.4, 0.5) is 13.2 Å². The lowest BCUT2D eigenvalue weighted by atomic mass is 10.3. The highest BCUT2D eigenvalue weighted by atomic mass is 32.2. The molecule has 0 fully saturated rings. The molecule has 84 valence electrons. The van der Waals surface area contributed by atoms with Gasteiger partial charge in [0.15, 0.2) is 10.8 Å². The number of furan rings is 1. The summed E-state index contributed by atoms with van der Waals surface area (Å²) in [5.41, 5.74) is -0.892. The van der Waals surface area contributed by atoms with E-state index in [0.717, 1.165) is 18.0 Å². The van der Waals surface area contributed by atoms with Crippen molar-refractivity contribution in [3.8, 4) is 0 Å². The van der Waals surface area contributed by atoms with Crippen molar-refractivity contribution in [3.05, 3.63) is 42.4 Å². The van der Waals surface area contributed by atoms with E-state index in [1.807, 2.05) is 0 Å². The van der Waals surface area contributed by atoms with Gasteiger partial charge >= 0.3 is 6.18 Å². The third-order valence-electron chi connectivity index (χ3n) is 1.74. The van der Waals surface area contributed by atoms with Crippen molar-refractivity contribution in [2.45, 2.75) is 16.2 Å². The summed E-state index contributed by atoms with van der Waals surface area (Å²) in [7, 11) is 0. The van der Waals surface area contributed by atoms with Crippen molar-refractivity contribution >= 4 is 11.8 Å². The van der Waals surface area contributed by atoms with Crippen molar-refractivity contribution in [1.29, 1.82) is 0 Å². The van der Waals surface area contributed by atoms with E-state index in [0.29, 0.717) is 5.09 Å². The van der Waals surface area contributed by atoms with Gasteiger partial charge in [0, 0.05) is 11.1 Å². The van der Waals surface area contributed by atoms with Gasteiger partial charge in [0.1, 0.15) is 0 Å². The quantitative estimate of drug-likeness (QED) is 0.803. The Morgan fingerprint density at radius 2 is 2.00 bits per heavy atom. The van der Waals surface area contributed by atoms with Crippen molar-refractivity contribution in [2.75, 3.05) is 0 Å². The molecule has 0 aliphatic rings.